The van der Waals surface area contributed by atoms with Crippen molar-refractivity contribution in [3.63, 3.8) is 0 Å². The average Bonchev–Trinajstić information content (AvgIpc) is 2.64. The lowest BCUT2D eigenvalue weighted by Gasteiger charge is -2.55. The van der Waals surface area contributed by atoms with Crippen LogP contribution in [0, 0.1) is 30.1 Å². The van der Waals surface area contributed by atoms with Crippen LogP contribution < -0.4 is 20.9 Å². The number of benzene rings is 1. The molecule has 150 valence electrons. The first-order chi connectivity index (χ1) is 13.4. The Bertz CT molecular complexity index is 785. The molecule has 5 rings (SSSR count). The van der Waals surface area contributed by atoms with Crippen LogP contribution in [0.3, 0.4) is 0 Å². The molecule has 0 spiro atoms. The van der Waals surface area contributed by atoms with Crippen LogP contribution in [-0.2, 0) is 14.4 Å². The van der Waals surface area contributed by atoms with E-state index >= 15 is 0 Å². The Morgan fingerprint density at radius 1 is 0.964 bits per heavy atom. The van der Waals surface area contributed by atoms with Gasteiger partial charge in [-0.15, -0.1) is 0 Å². The van der Waals surface area contributed by atoms with Crippen molar-refractivity contribution in [2.75, 3.05) is 12.4 Å². The number of methoxy groups -OCH3 is 1. The summed E-state index contributed by atoms with van der Waals surface area (Å²) in [5.74, 6) is 0.445. The van der Waals surface area contributed by atoms with Gasteiger partial charge in [-0.2, -0.15) is 0 Å². The molecule has 0 heterocycles. The molecule has 7 nitrogen and oxygen atoms in total. The third-order valence-electron chi connectivity index (χ3n) is 6.62. The third-order valence-corrected chi connectivity index (χ3v) is 6.62. The predicted octanol–water partition coefficient (Wildman–Crippen LogP) is 2.31. The van der Waals surface area contributed by atoms with Crippen molar-refractivity contribution in [3.05, 3.63) is 23.8 Å². The smallest absolute Gasteiger partial charge is 0.328 e. The maximum Gasteiger partial charge on any atom is 0.328 e. The standard InChI is InChI=1S/C21H27N3O4/c1-12-3-4-17(28-2)16(5-12)22-18(25)19(26)23-24-20(27)21-9-13-6-14(10-21)8-15(7-13)11-21/h3-5,13-15H,6-11H2,1-2H3,(H,22,25)(H,23,26)(H,24,27). The number of amides is 3. The van der Waals surface area contributed by atoms with Crippen LogP contribution in [0.2, 0.25) is 0 Å². The second kappa shape index (κ2) is 7.11. The maximum atomic E-state index is 12.8. The number of carbonyl (C=O) groups is 3. The Labute approximate surface area is 164 Å². The van der Waals surface area contributed by atoms with E-state index < -0.39 is 11.8 Å². The Balaban J connectivity index is 1.35. The summed E-state index contributed by atoms with van der Waals surface area (Å²) in [6.07, 6.45) is 6.40. The molecule has 3 amide bonds. The van der Waals surface area contributed by atoms with Crippen LogP contribution in [0.1, 0.15) is 44.1 Å². The molecule has 4 bridgehead atoms. The maximum absolute atomic E-state index is 12.8. The lowest BCUT2D eigenvalue weighted by Crippen LogP contribution is -2.57. The fourth-order valence-corrected chi connectivity index (χ4v) is 5.79. The summed E-state index contributed by atoms with van der Waals surface area (Å²) >= 11 is 0. The number of carbonyl (C=O) groups excluding carboxylic acids is 3. The Hall–Kier alpha value is -2.57. The van der Waals surface area contributed by atoms with Crippen molar-refractivity contribution < 1.29 is 19.1 Å². The zero-order valence-electron chi connectivity index (χ0n) is 16.3. The number of hydrogen-bond donors (Lipinski definition) is 3. The van der Waals surface area contributed by atoms with Crippen LogP contribution in [-0.4, -0.2) is 24.8 Å². The lowest BCUT2D eigenvalue weighted by molar-refractivity contribution is -0.149. The van der Waals surface area contributed by atoms with Crippen molar-refractivity contribution >= 4 is 23.4 Å². The van der Waals surface area contributed by atoms with E-state index in [1.54, 1.807) is 12.1 Å². The second-order valence-electron chi connectivity index (χ2n) is 8.76. The van der Waals surface area contributed by atoms with Gasteiger partial charge in [-0.1, -0.05) is 6.07 Å². The van der Waals surface area contributed by atoms with Crippen molar-refractivity contribution in [2.45, 2.75) is 45.4 Å². The topological polar surface area (TPSA) is 96.5 Å². The monoisotopic (exact) mass is 385 g/mol. The van der Waals surface area contributed by atoms with Crippen LogP contribution in [0.15, 0.2) is 18.2 Å². The predicted molar refractivity (Wildman–Crippen MR) is 103 cm³/mol. The summed E-state index contributed by atoms with van der Waals surface area (Å²) in [7, 11) is 1.49. The van der Waals surface area contributed by atoms with Gasteiger partial charge in [0.15, 0.2) is 0 Å². The minimum atomic E-state index is -0.901. The lowest BCUT2D eigenvalue weighted by atomic mass is 9.49. The SMILES string of the molecule is COc1ccc(C)cc1NC(=O)C(=O)NNC(=O)C12CC3CC(CC(C3)C1)C2. The second-order valence-corrected chi connectivity index (χ2v) is 8.76. The summed E-state index contributed by atoms with van der Waals surface area (Å²) < 4.78 is 5.20. The molecule has 7 heteroatoms. The van der Waals surface area contributed by atoms with Gasteiger partial charge in [0.25, 0.3) is 0 Å². The number of hydrogen-bond acceptors (Lipinski definition) is 4. The largest absolute Gasteiger partial charge is 0.495 e. The summed E-state index contributed by atoms with van der Waals surface area (Å²) in [5.41, 5.74) is 5.76. The molecule has 0 aliphatic heterocycles. The molecule has 4 aliphatic rings. The highest BCUT2D eigenvalue weighted by atomic mass is 16.5. The van der Waals surface area contributed by atoms with Crippen molar-refractivity contribution in [1.82, 2.24) is 10.9 Å². The number of ether oxygens (including phenoxy) is 1. The zero-order chi connectivity index (χ0) is 19.9. The minimum Gasteiger partial charge on any atom is -0.495 e. The van der Waals surface area contributed by atoms with E-state index in [4.69, 9.17) is 4.74 Å². The van der Waals surface area contributed by atoms with Gasteiger partial charge >= 0.3 is 11.8 Å². The van der Waals surface area contributed by atoms with Crippen molar-refractivity contribution in [1.29, 1.82) is 0 Å². The third kappa shape index (κ3) is 3.45. The van der Waals surface area contributed by atoms with Crippen molar-refractivity contribution in [3.8, 4) is 5.75 Å². The molecular formula is C21H27N3O4. The molecular weight excluding hydrogens is 358 g/mol. The number of rotatable bonds is 3. The quantitative estimate of drug-likeness (QED) is 0.549. The van der Waals surface area contributed by atoms with Crippen LogP contribution in [0.4, 0.5) is 5.69 Å². The summed E-state index contributed by atoms with van der Waals surface area (Å²) in [6.45, 7) is 1.88. The van der Waals surface area contributed by atoms with Gasteiger partial charge in [0.05, 0.1) is 18.2 Å². The molecule has 0 radical (unpaired) electrons. The molecule has 4 saturated carbocycles. The van der Waals surface area contributed by atoms with Gasteiger partial charge in [-0.3, -0.25) is 25.2 Å². The van der Waals surface area contributed by atoms with E-state index in [1.807, 2.05) is 13.0 Å². The number of anilines is 1. The molecule has 0 aromatic heterocycles. The summed E-state index contributed by atoms with van der Waals surface area (Å²) in [4.78, 5) is 37.3. The first kappa shape index (κ1) is 18.8. The highest BCUT2D eigenvalue weighted by Crippen LogP contribution is 2.60. The summed E-state index contributed by atoms with van der Waals surface area (Å²) in [5, 5.41) is 2.53. The van der Waals surface area contributed by atoms with Gasteiger partial charge in [0.2, 0.25) is 5.91 Å². The van der Waals surface area contributed by atoms with E-state index in [9.17, 15) is 14.4 Å². The molecule has 0 atom stereocenters. The number of hydrazine groups is 1. The normalized spacial score (nSPS) is 29.9. The molecule has 0 saturated heterocycles. The molecule has 0 unspecified atom stereocenters. The molecule has 4 aliphatic carbocycles. The van der Waals surface area contributed by atoms with Gasteiger partial charge in [0.1, 0.15) is 5.75 Å². The van der Waals surface area contributed by atoms with Crippen LogP contribution >= 0.6 is 0 Å². The van der Waals surface area contributed by atoms with E-state index in [1.165, 1.54) is 26.4 Å². The van der Waals surface area contributed by atoms with E-state index in [-0.39, 0.29) is 11.3 Å². The number of aryl methyl sites for hydroxylation is 1. The van der Waals surface area contributed by atoms with Gasteiger partial charge in [-0.25, -0.2) is 0 Å². The molecule has 1 aromatic rings. The molecule has 28 heavy (non-hydrogen) atoms. The zero-order valence-corrected chi connectivity index (χ0v) is 16.3. The van der Waals surface area contributed by atoms with Gasteiger partial charge in [0, 0.05) is 0 Å². The Morgan fingerprint density at radius 2 is 1.57 bits per heavy atom. The van der Waals surface area contributed by atoms with Gasteiger partial charge < -0.3 is 10.1 Å². The Kier molecular flexibility index (Phi) is 4.77. The van der Waals surface area contributed by atoms with Crippen molar-refractivity contribution in [2.24, 2.45) is 23.2 Å². The first-order valence-corrected chi connectivity index (χ1v) is 9.95. The first-order valence-electron chi connectivity index (χ1n) is 9.95. The van der Waals surface area contributed by atoms with E-state index in [2.05, 4.69) is 16.2 Å². The molecule has 1 aromatic carbocycles. The fraction of sp³-hybridized carbons (Fsp3) is 0.571. The van der Waals surface area contributed by atoms with Crippen LogP contribution in [0.5, 0.6) is 5.75 Å². The molecule has 4 fully saturated rings. The fourth-order valence-electron chi connectivity index (χ4n) is 5.79. The Morgan fingerprint density at radius 3 is 2.14 bits per heavy atom. The van der Waals surface area contributed by atoms with E-state index in [0.717, 1.165) is 24.8 Å². The summed E-state index contributed by atoms with van der Waals surface area (Å²) in [6, 6.07) is 5.29. The minimum absolute atomic E-state index is 0.152. The van der Waals surface area contributed by atoms with Crippen LogP contribution in [0.25, 0.3) is 0 Å². The van der Waals surface area contributed by atoms with E-state index in [0.29, 0.717) is 29.2 Å². The average molecular weight is 385 g/mol. The van der Waals surface area contributed by atoms with Gasteiger partial charge in [-0.05, 0) is 80.9 Å². The number of nitrogens with one attached hydrogen (secondary N) is 3. The highest BCUT2D eigenvalue weighted by Gasteiger charge is 2.54. The molecule has 3 N–H and O–H groups in total. The highest BCUT2D eigenvalue weighted by molar-refractivity contribution is 6.39.